The van der Waals surface area contributed by atoms with Gasteiger partial charge in [-0.2, -0.15) is 0 Å². The van der Waals surface area contributed by atoms with Gasteiger partial charge in [-0.05, 0) is 43.7 Å². The molecule has 3 heteroatoms. The molecule has 0 aliphatic rings. The first kappa shape index (κ1) is 15.4. The summed E-state index contributed by atoms with van der Waals surface area (Å²) in [6.45, 7) is 5.58. The number of hydrogen-bond donors (Lipinski definition) is 1. The molecule has 0 saturated carbocycles. The minimum atomic E-state index is -0.540. The summed E-state index contributed by atoms with van der Waals surface area (Å²) in [5, 5.41) is 10.5. The van der Waals surface area contributed by atoms with E-state index in [1.165, 1.54) is 5.56 Å². The second kappa shape index (κ2) is 7.14. The zero-order chi connectivity index (χ0) is 15.2. The van der Waals surface area contributed by atoms with Gasteiger partial charge in [0, 0.05) is 18.8 Å². The Kier molecular flexibility index (Phi) is 5.23. The zero-order valence-electron chi connectivity index (χ0n) is 12.9. The number of rotatable bonds is 6. The molecule has 112 valence electrons. The molecule has 2 aromatic rings. The Morgan fingerprint density at radius 2 is 1.86 bits per heavy atom. The molecular formula is C18H23NO2. The molecule has 0 aromatic heterocycles. The number of methoxy groups -OCH3 is 1. The monoisotopic (exact) mass is 285 g/mol. The number of aryl methyl sites for hydroxylation is 1. The summed E-state index contributed by atoms with van der Waals surface area (Å²) in [5.74, 6) is 0.768. The third kappa shape index (κ3) is 3.99. The van der Waals surface area contributed by atoms with E-state index >= 15 is 0 Å². The second-order valence-corrected chi connectivity index (χ2v) is 5.17. The number of aliphatic hydroxyl groups excluding tert-OH is 1. The van der Waals surface area contributed by atoms with Crippen molar-refractivity contribution < 1.29 is 9.84 Å². The van der Waals surface area contributed by atoms with Gasteiger partial charge in [-0.3, -0.25) is 0 Å². The molecule has 1 atom stereocenters. The molecule has 0 heterocycles. The van der Waals surface area contributed by atoms with Crippen LogP contribution < -0.4 is 9.64 Å². The molecule has 0 spiro atoms. The Bertz CT molecular complexity index is 566. The lowest BCUT2D eigenvalue weighted by Gasteiger charge is -2.26. The molecule has 0 radical (unpaired) electrons. The van der Waals surface area contributed by atoms with Crippen LogP contribution in [0.2, 0.25) is 0 Å². The highest BCUT2D eigenvalue weighted by molar-refractivity contribution is 5.47. The van der Waals surface area contributed by atoms with Crippen LogP contribution in [0, 0.1) is 6.92 Å². The molecule has 21 heavy (non-hydrogen) atoms. The third-order valence-corrected chi connectivity index (χ3v) is 3.65. The van der Waals surface area contributed by atoms with Gasteiger partial charge in [-0.15, -0.1) is 0 Å². The van der Waals surface area contributed by atoms with Gasteiger partial charge in [0.05, 0.1) is 13.2 Å². The Labute approximate surface area is 126 Å². The van der Waals surface area contributed by atoms with Crippen LogP contribution in [0.15, 0.2) is 48.5 Å². The standard InChI is InChI=1S/C18H23NO2/c1-4-19(16-10-8-14(2)9-11-16)13-18(20)15-6-5-7-17(12-15)21-3/h5-12,18,20H,4,13H2,1-3H3. The van der Waals surface area contributed by atoms with Gasteiger partial charge in [0.1, 0.15) is 5.75 Å². The van der Waals surface area contributed by atoms with E-state index in [0.29, 0.717) is 6.54 Å². The van der Waals surface area contributed by atoms with E-state index < -0.39 is 6.10 Å². The van der Waals surface area contributed by atoms with Gasteiger partial charge in [0.15, 0.2) is 0 Å². The number of benzene rings is 2. The van der Waals surface area contributed by atoms with Crippen LogP contribution in [0.5, 0.6) is 5.75 Å². The molecule has 2 aromatic carbocycles. The average Bonchev–Trinajstić information content (AvgIpc) is 2.53. The van der Waals surface area contributed by atoms with Gasteiger partial charge < -0.3 is 14.7 Å². The summed E-state index contributed by atoms with van der Waals surface area (Å²) in [5.41, 5.74) is 3.24. The summed E-state index contributed by atoms with van der Waals surface area (Å²) < 4.78 is 5.21. The number of aliphatic hydroxyl groups is 1. The first-order valence-electron chi connectivity index (χ1n) is 7.27. The van der Waals surface area contributed by atoms with Gasteiger partial charge in [0.2, 0.25) is 0 Å². The fraction of sp³-hybridized carbons (Fsp3) is 0.333. The van der Waals surface area contributed by atoms with Crippen molar-refractivity contribution in [1.82, 2.24) is 0 Å². The molecule has 0 saturated heterocycles. The lowest BCUT2D eigenvalue weighted by Crippen LogP contribution is -2.28. The van der Waals surface area contributed by atoms with E-state index in [4.69, 9.17) is 4.74 Å². The van der Waals surface area contributed by atoms with Crippen LogP contribution in [0.4, 0.5) is 5.69 Å². The normalized spacial score (nSPS) is 12.0. The van der Waals surface area contributed by atoms with E-state index in [-0.39, 0.29) is 0 Å². The molecule has 0 fully saturated rings. The number of anilines is 1. The highest BCUT2D eigenvalue weighted by Gasteiger charge is 2.13. The lowest BCUT2D eigenvalue weighted by molar-refractivity contribution is 0.183. The first-order valence-corrected chi connectivity index (χ1v) is 7.27. The maximum absolute atomic E-state index is 10.5. The summed E-state index contributed by atoms with van der Waals surface area (Å²) in [6.07, 6.45) is -0.540. The highest BCUT2D eigenvalue weighted by Crippen LogP contribution is 2.22. The molecule has 0 aliphatic heterocycles. The molecule has 0 bridgehead atoms. The van der Waals surface area contributed by atoms with Crippen LogP contribution in [0.3, 0.4) is 0 Å². The topological polar surface area (TPSA) is 32.7 Å². The van der Waals surface area contributed by atoms with Crippen LogP contribution in [-0.4, -0.2) is 25.3 Å². The number of nitrogens with zero attached hydrogens (tertiary/aromatic N) is 1. The maximum Gasteiger partial charge on any atom is 0.119 e. The van der Waals surface area contributed by atoms with Crippen molar-refractivity contribution in [2.24, 2.45) is 0 Å². The van der Waals surface area contributed by atoms with Crippen molar-refractivity contribution in [3.63, 3.8) is 0 Å². The van der Waals surface area contributed by atoms with Gasteiger partial charge in [-0.25, -0.2) is 0 Å². The van der Waals surface area contributed by atoms with Gasteiger partial charge in [-0.1, -0.05) is 29.8 Å². The minimum absolute atomic E-state index is 0.540. The quantitative estimate of drug-likeness (QED) is 0.881. The van der Waals surface area contributed by atoms with Gasteiger partial charge >= 0.3 is 0 Å². The second-order valence-electron chi connectivity index (χ2n) is 5.17. The number of likely N-dealkylation sites (N-methyl/N-ethyl adjacent to an activating group) is 1. The smallest absolute Gasteiger partial charge is 0.119 e. The van der Waals surface area contributed by atoms with Crippen molar-refractivity contribution in [3.8, 4) is 5.75 Å². The molecule has 0 amide bonds. The fourth-order valence-electron chi connectivity index (χ4n) is 2.34. The van der Waals surface area contributed by atoms with E-state index in [0.717, 1.165) is 23.5 Å². The predicted molar refractivity (Wildman–Crippen MR) is 87.0 cm³/mol. The van der Waals surface area contributed by atoms with Crippen LogP contribution in [0.25, 0.3) is 0 Å². The fourth-order valence-corrected chi connectivity index (χ4v) is 2.34. The van der Waals surface area contributed by atoms with Gasteiger partial charge in [0.25, 0.3) is 0 Å². The molecule has 1 N–H and O–H groups in total. The van der Waals surface area contributed by atoms with E-state index in [9.17, 15) is 5.11 Å². The van der Waals surface area contributed by atoms with Crippen molar-refractivity contribution in [1.29, 1.82) is 0 Å². The Hall–Kier alpha value is -2.00. The first-order chi connectivity index (χ1) is 10.1. The molecule has 2 rings (SSSR count). The van der Waals surface area contributed by atoms with Crippen molar-refractivity contribution in [2.45, 2.75) is 20.0 Å². The number of hydrogen-bond acceptors (Lipinski definition) is 3. The Morgan fingerprint density at radius 3 is 2.48 bits per heavy atom. The van der Waals surface area contributed by atoms with Crippen molar-refractivity contribution in [3.05, 3.63) is 59.7 Å². The average molecular weight is 285 g/mol. The van der Waals surface area contributed by atoms with E-state index in [1.54, 1.807) is 7.11 Å². The van der Waals surface area contributed by atoms with E-state index in [2.05, 4.69) is 43.0 Å². The maximum atomic E-state index is 10.5. The Morgan fingerprint density at radius 1 is 1.14 bits per heavy atom. The van der Waals surface area contributed by atoms with Crippen LogP contribution in [-0.2, 0) is 0 Å². The summed E-state index contributed by atoms with van der Waals surface area (Å²) in [7, 11) is 1.64. The summed E-state index contributed by atoms with van der Waals surface area (Å²) in [4.78, 5) is 2.17. The van der Waals surface area contributed by atoms with Crippen molar-refractivity contribution in [2.75, 3.05) is 25.1 Å². The van der Waals surface area contributed by atoms with Crippen LogP contribution in [0.1, 0.15) is 24.2 Å². The molecule has 1 unspecified atom stereocenters. The third-order valence-electron chi connectivity index (χ3n) is 3.65. The number of ether oxygens (including phenoxy) is 1. The highest BCUT2D eigenvalue weighted by atomic mass is 16.5. The Balaban J connectivity index is 2.11. The summed E-state index contributed by atoms with van der Waals surface area (Å²) in [6, 6.07) is 16.0. The largest absolute Gasteiger partial charge is 0.497 e. The summed E-state index contributed by atoms with van der Waals surface area (Å²) >= 11 is 0. The van der Waals surface area contributed by atoms with E-state index in [1.807, 2.05) is 24.3 Å². The molecular weight excluding hydrogens is 262 g/mol. The van der Waals surface area contributed by atoms with Crippen molar-refractivity contribution >= 4 is 5.69 Å². The molecule has 0 aliphatic carbocycles. The zero-order valence-corrected chi connectivity index (χ0v) is 12.9. The minimum Gasteiger partial charge on any atom is -0.497 e. The van der Waals surface area contributed by atoms with Crippen LogP contribution >= 0.6 is 0 Å². The molecule has 3 nitrogen and oxygen atoms in total. The lowest BCUT2D eigenvalue weighted by atomic mass is 10.1. The predicted octanol–water partition coefficient (Wildman–Crippen LogP) is 3.56. The SMILES string of the molecule is CCN(CC(O)c1cccc(OC)c1)c1ccc(C)cc1.